The van der Waals surface area contributed by atoms with E-state index in [0.29, 0.717) is 5.54 Å². The van der Waals surface area contributed by atoms with E-state index in [9.17, 15) is 0 Å². The van der Waals surface area contributed by atoms with Crippen molar-refractivity contribution in [2.45, 2.75) is 58.5 Å². The first-order chi connectivity index (χ1) is 8.15. The molecule has 0 spiro atoms. The number of rotatable bonds is 5. The lowest BCUT2D eigenvalue weighted by molar-refractivity contribution is 0.295. The Kier molecular flexibility index (Phi) is 3.87. The highest BCUT2D eigenvalue weighted by Crippen LogP contribution is 2.30. The van der Waals surface area contributed by atoms with Gasteiger partial charge in [0.05, 0.1) is 0 Å². The molecule has 3 nitrogen and oxygen atoms in total. The van der Waals surface area contributed by atoms with Gasteiger partial charge >= 0.3 is 0 Å². The summed E-state index contributed by atoms with van der Waals surface area (Å²) in [4.78, 5) is 0. The molecule has 1 aromatic heterocycles. The van der Waals surface area contributed by atoms with Gasteiger partial charge in [-0.3, -0.25) is 4.68 Å². The van der Waals surface area contributed by atoms with Crippen molar-refractivity contribution in [2.75, 3.05) is 6.54 Å². The Bertz CT molecular complexity index is 348. The quantitative estimate of drug-likeness (QED) is 0.850. The first kappa shape index (κ1) is 12.6. The molecule has 96 valence electrons. The molecule has 1 saturated heterocycles. The van der Waals surface area contributed by atoms with Crippen LogP contribution in [0, 0.1) is 5.92 Å². The Hall–Kier alpha value is -0.830. The molecule has 1 aliphatic heterocycles. The summed E-state index contributed by atoms with van der Waals surface area (Å²) in [6.45, 7) is 8.94. The van der Waals surface area contributed by atoms with Crippen LogP contribution in [0.3, 0.4) is 0 Å². The molecule has 1 N–H and O–H groups in total. The van der Waals surface area contributed by atoms with E-state index >= 15 is 0 Å². The van der Waals surface area contributed by atoms with Crippen LogP contribution < -0.4 is 5.32 Å². The number of hydrogen-bond acceptors (Lipinski definition) is 2. The summed E-state index contributed by atoms with van der Waals surface area (Å²) in [7, 11) is 0. The molecule has 2 heterocycles. The molecule has 0 aromatic carbocycles. The topological polar surface area (TPSA) is 29.9 Å². The zero-order valence-corrected chi connectivity index (χ0v) is 11.4. The molecule has 0 saturated carbocycles. The van der Waals surface area contributed by atoms with Gasteiger partial charge in [0.1, 0.15) is 0 Å². The van der Waals surface area contributed by atoms with Crippen molar-refractivity contribution in [2.24, 2.45) is 5.92 Å². The molecule has 17 heavy (non-hydrogen) atoms. The maximum atomic E-state index is 4.38. The SMILES string of the molecule is CCn1nccc1CC1(CC(C)C)CCCN1. The molecule has 1 aliphatic rings. The van der Waals surface area contributed by atoms with Gasteiger partial charge < -0.3 is 5.32 Å². The van der Waals surface area contributed by atoms with Gasteiger partial charge in [0.25, 0.3) is 0 Å². The average Bonchev–Trinajstić information content (AvgIpc) is 2.87. The van der Waals surface area contributed by atoms with Crippen LogP contribution in [-0.4, -0.2) is 21.9 Å². The van der Waals surface area contributed by atoms with E-state index < -0.39 is 0 Å². The third-order valence-corrected chi connectivity index (χ3v) is 3.75. The van der Waals surface area contributed by atoms with E-state index in [1.54, 1.807) is 0 Å². The second-order valence-corrected chi connectivity index (χ2v) is 5.72. The van der Waals surface area contributed by atoms with E-state index in [2.05, 4.69) is 41.9 Å². The Balaban J connectivity index is 2.12. The second kappa shape index (κ2) is 5.21. The van der Waals surface area contributed by atoms with Crippen molar-refractivity contribution >= 4 is 0 Å². The maximum absolute atomic E-state index is 4.38. The van der Waals surface area contributed by atoms with Crippen LogP contribution in [0.4, 0.5) is 0 Å². The Morgan fingerprint density at radius 3 is 2.94 bits per heavy atom. The van der Waals surface area contributed by atoms with Gasteiger partial charge in [-0.15, -0.1) is 0 Å². The average molecular weight is 235 g/mol. The maximum Gasteiger partial charge on any atom is 0.0492 e. The first-order valence-electron chi connectivity index (χ1n) is 6.91. The highest BCUT2D eigenvalue weighted by atomic mass is 15.3. The third-order valence-electron chi connectivity index (χ3n) is 3.75. The number of nitrogens with one attached hydrogen (secondary N) is 1. The normalized spacial score (nSPS) is 24.7. The van der Waals surface area contributed by atoms with Crippen molar-refractivity contribution in [1.29, 1.82) is 0 Å². The monoisotopic (exact) mass is 235 g/mol. The first-order valence-corrected chi connectivity index (χ1v) is 6.91. The molecule has 1 aromatic rings. The molecule has 0 bridgehead atoms. The van der Waals surface area contributed by atoms with Crippen molar-refractivity contribution < 1.29 is 0 Å². The van der Waals surface area contributed by atoms with Gasteiger partial charge in [-0.25, -0.2) is 0 Å². The number of hydrogen-bond donors (Lipinski definition) is 1. The smallest absolute Gasteiger partial charge is 0.0492 e. The van der Waals surface area contributed by atoms with E-state index in [0.717, 1.165) is 18.9 Å². The summed E-state index contributed by atoms with van der Waals surface area (Å²) in [6.07, 6.45) is 6.94. The Morgan fingerprint density at radius 2 is 2.35 bits per heavy atom. The standard InChI is InChI=1S/C14H25N3/c1-4-17-13(6-9-16-17)11-14(10-12(2)3)7-5-8-15-14/h6,9,12,15H,4-5,7-8,10-11H2,1-3H3. The summed E-state index contributed by atoms with van der Waals surface area (Å²) in [5, 5.41) is 8.13. The van der Waals surface area contributed by atoms with Crippen LogP contribution >= 0.6 is 0 Å². The summed E-state index contributed by atoms with van der Waals surface area (Å²) in [6, 6.07) is 2.17. The van der Waals surface area contributed by atoms with Crippen LogP contribution in [0.25, 0.3) is 0 Å². The molecule has 0 radical (unpaired) electrons. The summed E-state index contributed by atoms with van der Waals surface area (Å²) >= 11 is 0. The minimum Gasteiger partial charge on any atom is -0.311 e. The lowest BCUT2D eigenvalue weighted by atomic mass is 9.83. The fourth-order valence-corrected chi connectivity index (χ4v) is 3.19. The van der Waals surface area contributed by atoms with E-state index in [1.807, 2.05) is 6.20 Å². The fraction of sp³-hybridized carbons (Fsp3) is 0.786. The number of aromatic nitrogens is 2. The minimum atomic E-state index is 0.321. The number of nitrogens with zero attached hydrogens (tertiary/aromatic N) is 2. The number of aryl methyl sites for hydroxylation is 1. The highest BCUT2D eigenvalue weighted by molar-refractivity contribution is 5.09. The highest BCUT2D eigenvalue weighted by Gasteiger charge is 2.34. The van der Waals surface area contributed by atoms with Crippen LogP contribution in [0.1, 0.15) is 45.7 Å². The van der Waals surface area contributed by atoms with E-state index in [-0.39, 0.29) is 0 Å². The van der Waals surface area contributed by atoms with Gasteiger partial charge in [0, 0.05) is 30.4 Å². The van der Waals surface area contributed by atoms with Crippen LogP contribution in [0.5, 0.6) is 0 Å². The van der Waals surface area contributed by atoms with Gasteiger partial charge in [-0.1, -0.05) is 13.8 Å². The van der Waals surface area contributed by atoms with Gasteiger partial charge in [0.2, 0.25) is 0 Å². The Labute approximate surface area is 105 Å². The lowest BCUT2D eigenvalue weighted by Gasteiger charge is -2.31. The fourth-order valence-electron chi connectivity index (χ4n) is 3.19. The van der Waals surface area contributed by atoms with Crippen molar-refractivity contribution in [3.05, 3.63) is 18.0 Å². The summed E-state index contributed by atoms with van der Waals surface area (Å²) in [5.74, 6) is 0.749. The van der Waals surface area contributed by atoms with E-state index in [4.69, 9.17) is 0 Å². The molecule has 1 fully saturated rings. The van der Waals surface area contributed by atoms with Crippen LogP contribution in [0.2, 0.25) is 0 Å². The Morgan fingerprint density at radius 1 is 1.53 bits per heavy atom. The predicted octanol–water partition coefficient (Wildman–Crippen LogP) is 2.61. The summed E-state index contributed by atoms with van der Waals surface area (Å²) in [5.41, 5.74) is 1.70. The molecule has 3 heteroatoms. The third kappa shape index (κ3) is 2.89. The molecular formula is C14H25N3. The zero-order chi connectivity index (χ0) is 12.3. The molecule has 0 aliphatic carbocycles. The van der Waals surface area contributed by atoms with Crippen LogP contribution in [-0.2, 0) is 13.0 Å². The van der Waals surface area contributed by atoms with Gasteiger partial charge in [-0.2, -0.15) is 5.10 Å². The van der Waals surface area contributed by atoms with Crippen molar-refractivity contribution in [3.63, 3.8) is 0 Å². The van der Waals surface area contributed by atoms with Crippen molar-refractivity contribution in [1.82, 2.24) is 15.1 Å². The molecule has 0 amide bonds. The zero-order valence-electron chi connectivity index (χ0n) is 11.4. The molecule has 1 atom stereocenters. The second-order valence-electron chi connectivity index (χ2n) is 5.72. The largest absolute Gasteiger partial charge is 0.311 e. The molecule has 2 rings (SSSR count). The van der Waals surface area contributed by atoms with E-state index in [1.165, 1.54) is 31.5 Å². The van der Waals surface area contributed by atoms with Gasteiger partial charge in [0.15, 0.2) is 0 Å². The van der Waals surface area contributed by atoms with Crippen LogP contribution in [0.15, 0.2) is 12.3 Å². The molecular weight excluding hydrogens is 210 g/mol. The van der Waals surface area contributed by atoms with Crippen molar-refractivity contribution in [3.8, 4) is 0 Å². The predicted molar refractivity (Wildman–Crippen MR) is 71.0 cm³/mol. The minimum absolute atomic E-state index is 0.321. The summed E-state index contributed by atoms with van der Waals surface area (Å²) < 4.78 is 2.13. The van der Waals surface area contributed by atoms with Gasteiger partial charge in [-0.05, 0) is 44.7 Å². The molecule has 1 unspecified atom stereocenters. The lowest BCUT2D eigenvalue weighted by Crippen LogP contribution is -2.43.